The molecular formula is C20H21F5N6O2. The van der Waals surface area contributed by atoms with Crippen molar-refractivity contribution in [1.29, 1.82) is 0 Å². The number of nitrogens with zero attached hydrogens (tertiary/aromatic N) is 6. The van der Waals surface area contributed by atoms with E-state index >= 15 is 0 Å². The lowest BCUT2D eigenvalue weighted by Crippen LogP contribution is -2.46. The number of aromatic nitrogens is 5. The van der Waals surface area contributed by atoms with Crippen LogP contribution in [0.5, 0.6) is 5.75 Å². The quantitative estimate of drug-likeness (QED) is 0.488. The fourth-order valence-corrected chi connectivity index (χ4v) is 3.86. The molecule has 0 N–H and O–H groups in total. The first kappa shape index (κ1) is 23.1. The lowest BCUT2D eigenvalue weighted by atomic mass is 9.95. The molecule has 1 fully saturated rings. The van der Waals surface area contributed by atoms with Gasteiger partial charge >= 0.3 is 6.18 Å². The molecule has 3 aromatic rings. The molecule has 3 aromatic heterocycles. The van der Waals surface area contributed by atoms with Crippen molar-refractivity contribution >= 4 is 17.0 Å². The van der Waals surface area contributed by atoms with Crippen molar-refractivity contribution in [3.05, 3.63) is 36.4 Å². The van der Waals surface area contributed by atoms with Gasteiger partial charge in [-0.2, -0.15) is 18.3 Å². The van der Waals surface area contributed by atoms with E-state index < -0.39 is 24.8 Å². The van der Waals surface area contributed by atoms with E-state index in [1.165, 1.54) is 31.6 Å². The number of rotatable bonds is 7. The van der Waals surface area contributed by atoms with Crippen LogP contribution in [0.25, 0.3) is 11.2 Å². The predicted octanol–water partition coefficient (Wildman–Crippen LogP) is 3.43. The van der Waals surface area contributed by atoms with Crippen LogP contribution in [-0.4, -0.2) is 64.1 Å². The number of anilines is 1. The first-order valence-corrected chi connectivity index (χ1v) is 10.2. The van der Waals surface area contributed by atoms with E-state index in [2.05, 4.69) is 20.1 Å². The summed E-state index contributed by atoms with van der Waals surface area (Å²) in [6.45, 7) is 0.265. The average Bonchev–Trinajstić information content (AvgIpc) is 3.18. The number of alkyl halides is 5. The third-order valence-corrected chi connectivity index (χ3v) is 5.43. The fourth-order valence-electron chi connectivity index (χ4n) is 3.86. The Morgan fingerprint density at radius 1 is 1.21 bits per heavy atom. The van der Waals surface area contributed by atoms with Crippen LogP contribution in [-0.2, 0) is 17.5 Å². The second-order valence-corrected chi connectivity index (χ2v) is 7.58. The number of ether oxygens (including phenoxy) is 2. The molecule has 0 amide bonds. The molecule has 0 radical (unpaired) electrons. The van der Waals surface area contributed by atoms with E-state index in [9.17, 15) is 22.0 Å². The summed E-state index contributed by atoms with van der Waals surface area (Å²) in [7, 11) is 1.54. The molecule has 4 rings (SSSR count). The number of pyridine rings is 1. The van der Waals surface area contributed by atoms with Crippen LogP contribution in [0.1, 0.15) is 12.1 Å². The summed E-state index contributed by atoms with van der Waals surface area (Å²) in [5.74, 6) is -0.182. The number of hydrogen-bond donors (Lipinski definition) is 0. The second-order valence-electron chi connectivity index (χ2n) is 7.58. The number of hydrogen-bond acceptors (Lipinski definition) is 7. The molecule has 1 saturated heterocycles. The number of fused-ring (bicyclic) bond motifs is 1. The minimum atomic E-state index is -4.64. The average molecular weight is 472 g/mol. The zero-order valence-corrected chi connectivity index (χ0v) is 17.5. The topological polar surface area (TPSA) is 78.2 Å². The zero-order valence-electron chi connectivity index (χ0n) is 17.5. The van der Waals surface area contributed by atoms with Gasteiger partial charge in [-0.15, -0.1) is 0 Å². The van der Waals surface area contributed by atoms with Crippen molar-refractivity contribution in [3.63, 3.8) is 0 Å². The van der Waals surface area contributed by atoms with E-state index in [-0.39, 0.29) is 30.0 Å². The Labute approximate surface area is 185 Å². The van der Waals surface area contributed by atoms with Gasteiger partial charge < -0.3 is 14.4 Å². The van der Waals surface area contributed by atoms with Crippen LogP contribution in [0.3, 0.4) is 0 Å². The summed E-state index contributed by atoms with van der Waals surface area (Å²) in [5, 5.41) is 3.91. The number of halogens is 5. The molecule has 0 aromatic carbocycles. The van der Waals surface area contributed by atoms with Crippen molar-refractivity contribution in [2.24, 2.45) is 5.92 Å². The molecule has 0 bridgehead atoms. The van der Waals surface area contributed by atoms with Gasteiger partial charge in [0.1, 0.15) is 23.6 Å². The Morgan fingerprint density at radius 3 is 2.76 bits per heavy atom. The highest BCUT2D eigenvalue weighted by Gasteiger charge is 2.37. The van der Waals surface area contributed by atoms with Crippen molar-refractivity contribution in [3.8, 4) is 5.75 Å². The standard InChI is InChI=1S/C20H21F5N6O2/c1-32-14-4-6-30(17-8-27-13-7-28-31(10-16(21)22)19(13)29-17)9-12(14)11-33-15-3-2-5-26-18(15)20(23,24)25/h2-3,5,7-8,12,14,16H,4,6,9-11H2,1H3. The molecule has 0 spiro atoms. The maximum absolute atomic E-state index is 13.2. The van der Waals surface area contributed by atoms with Gasteiger partial charge in [0.05, 0.1) is 25.1 Å². The summed E-state index contributed by atoms with van der Waals surface area (Å²) in [6, 6.07) is 2.60. The number of methoxy groups -OCH3 is 1. The van der Waals surface area contributed by atoms with Crippen molar-refractivity contribution < 1.29 is 31.4 Å². The Hall–Kier alpha value is -3.09. The molecule has 1 aliphatic rings. The minimum Gasteiger partial charge on any atom is -0.491 e. The van der Waals surface area contributed by atoms with Crippen LogP contribution in [0, 0.1) is 5.92 Å². The van der Waals surface area contributed by atoms with Gasteiger partial charge in [-0.3, -0.25) is 0 Å². The van der Waals surface area contributed by atoms with E-state index in [1.807, 2.05) is 4.90 Å². The highest BCUT2D eigenvalue weighted by molar-refractivity contribution is 5.71. The Balaban J connectivity index is 1.52. The van der Waals surface area contributed by atoms with Gasteiger partial charge in [-0.25, -0.2) is 28.4 Å². The summed E-state index contributed by atoms with van der Waals surface area (Å²) in [6.07, 6.45) is -2.95. The van der Waals surface area contributed by atoms with Gasteiger partial charge in [0.2, 0.25) is 0 Å². The Morgan fingerprint density at radius 2 is 2.03 bits per heavy atom. The molecule has 2 atom stereocenters. The van der Waals surface area contributed by atoms with E-state index in [1.54, 1.807) is 0 Å². The summed E-state index contributed by atoms with van der Waals surface area (Å²) in [4.78, 5) is 14.0. The molecule has 8 nitrogen and oxygen atoms in total. The van der Waals surface area contributed by atoms with Crippen molar-refractivity contribution in [2.75, 3.05) is 31.7 Å². The first-order valence-electron chi connectivity index (χ1n) is 10.2. The van der Waals surface area contributed by atoms with Crippen LogP contribution < -0.4 is 9.64 Å². The van der Waals surface area contributed by atoms with Crippen molar-refractivity contribution in [1.82, 2.24) is 24.7 Å². The summed E-state index contributed by atoms with van der Waals surface area (Å²) in [5.41, 5.74) is -0.461. The molecule has 178 valence electrons. The van der Waals surface area contributed by atoms with Gasteiger partial charge in [0.15, 0.2) is 11.3 Å². The maximum atomic E-state index is 13.2. The van der Waals surface area contributed by atoms with Gasteiger partial charge in [0.25, 0.3) is 6.43 Å². The van der Waals surface area contributed by atoms with Crippen LogP contribution in [0.15, 0.2) is 30.7 Å². The molecular weight excluding hydrogens is 451 g/mol. The van der Waals surface area contributed by atoms with Gasteiger partial charge in [0, 0.05) is 32.3 Å². The zero-order chi connectivity index (χ0) is 23.6. The maximum Gasteiger partial charge on any atom is 0.437 e. The molecule has 4 heterocycles. The Kier molecular flexibility index (Phi) is 6.58. The van der Waals surface area contributed by atoms with Crippen LogP contribution in [0.4, 0.5) is 27.8 Å². The van der Waals surface area contributed by atoms with Gasteiger partial charge in [-0.05, 0) is 18.6 Å². The molecule has 0 aliphatic carbocycles. The third-order valence-electron chi connectivity index (χ3n) is 5.43. The molecule has 33 heavy (non-hydrogen) atoms. The largest absolute Gasteiger partial charge is 0.491 e. The molecule has 2 unspecified atom stereocenters. The minimum absolute atomic E-state index is 0.0389. The second kappa shape index (κ2) is 9.41. The summed E-state index contributed by atoms with van der Waals surface area (Å²) < 4.78 is 77.4. The normalized spacial score (nSPS) is 19.4. The van der Waals surface area contributed by atoms with Crippen LogP contribution >= 0.6 is 0 Å². The lowest BCUT2D eigenvalue weighted by Gasteiger charge is -2.38. The van der Waals surface area contributed by atoms with E-state index in [4.69, 9.17) is 9.47 Å². The van der Waals surface area contributed by atoms with E-state index in [0.29, 0.717) is 30.8 Å². The Bertz CT molecular complexity index is 1090. The first-order chi connectivity index (χ1) is 15.8. The highest BCUT2D eigenvalue weighted by atomic mass is 19.4. The van der Waals surface area contributed by atoms with Crippen LogP contribution in [0.2, 0.25) is 0 Å². The summed E-state index contributed by atoms with van der Waals surface area (Å²) >= 11 is 0. The molecule has 1 aliphatic heterocycles. The highest BCUT2D eigenvalue weighted by Crippen LogP contribution is 2.35. The smallest absolute Gasteiger partial charge is 0.437 e. The fraction of sp³-hybridized carbons (Fsp3) is 0.500. The number of piperidine rings is 1. The SMILES string of the molecule is COC1CCN(c2cnc3cnn(CC(F)F)c3n2)CC1COc1cccnc1C(F)(F)F. The third kappa shape index (κ3) is 5.13. The predicted molar refractivity (Wildman–Crippen MR) is 107 cm³/mol. The van der Waals surface area contributed by atoms with Crippen molar-refractivity contribution in [2.45, 2.75) is 31.7 Å². The van der Waals surface area contributed by atoms with E-state index in [0.717, 1.165) is 10.9 Å². The van der Waals surface area contributed by atoms with Gasteiger partial charge in [-0.1, -0.05) is 0 Å². The monoisotopic (exact) mass is 472 g/mol. The lowest BCUT2D eigenvalue weighted by molar-refractivity contribution is -0.142. The molecule has 13 heteroatoms. The molecule has 0 saturated carbocycles.